The van der Waals surface area contributed by atoms with Crippen LogP contribution in [0, 0.1) is 5.92 Å². The fourth-order valence-electron chi connectivity index (χ4n) is 2.49. The molecule has 21 heavy (non-hydrogen) atoms. The molecule has 0 aromatic carbocycles. The third-order valence-electron chi connectivity index (χ3n) is 3.48. The Hall–Kier alpha value is -1.58. The molecule has 0 aromatic heterocycles. The summed E-state index contributed by atoms with van der Waals surface area (Å²) < 4.78 is 0. The molecule has 1 N–H and O–H groups in total. The van der Waals surface area contributed by atoms with Gasteiger partial charge in [-0.25, -0.2) is 0 Å². The van der Waals surface area contributed by atoms with Crippen molar-refractivity contribution >= 4 is 11.8 Å². The summed E-state index contributed by atoms with van der Waals surface area (Å²) in [5.74, 6) is 0.399. The Morgan fingerprint density at radius 1 is 1.10 bits per heavy atom. The Labute approximate surface area is 128 Å². The molecular formula is C17H28N2O2. The zero-order valence-electron chi connectivity index (χ0n) is 13.7. The second-order valence-corrected chi connectivity index (χ2v) is 6.33. The Morgan fingerprint density at radius 3 is 2.38 bits per heavy atom. The van der Waals surface area contributed by atoms with Crippen molar-refractivity contribution in [1.29, 1.82) is 0 Å². The largest absolute Gasteiger partial charge is 0.352 e. The number of amides is 2. The van der Waals surface area contributed by atoms with Crippen LogP contribution in [0.4, 0.5) is 0 Å². The summed E-state index contributed by atoms with van der Waals surface area (Å²) >= 11 is 0. The average molecular weight is 292 g/mol. The summed E-state index contributed by atoms with van der Waals surface area (Å²) in [6.07, 6.45) is 6.53. The van der Waals surface area contributed by atoms with E-state index in [1.165, 1.54) is 0 Å². The average Bonchev–Trinajstić information content (AvgIpc) is 2.60. The van der Waals surface area contributed by atoms with Crippen molar-refractivity contribution in [2.75, 3.05) is 19.6 Å². The predicted molar refractivity (Wildman–Crippen MR) is 85.8 cm³/mol. The molecule has 1 saturated heterocycles. The van der Waals surface area contributed by atoms with Crippen LogP contribution in [0.2, 0.25) is 0 Å². The molecule has 0 unspecified atom stereocenters. The Kier molecular flexibility index (Phi) is 7.20. The van der Waals surface area contributed by atoms with E-state index in [2.05, 4.69) is 5.32 Å². The first-order chi connectivity index (χ1) is 9.88. The molecule has 1 atom stereocenters. The van der Waals surface area contributed by atoms with E-state index in [1.807, 2.05) is 32.6 Å². The smallest absolute Gasteiger partial charge is 0.246 e. The number of nitrogens with one attached hydrogen (secondary N) is 1. The van der Waals surface area contributed by atoms with Crippen molar-refractivity contribution in [1.82, 2.24) is 10.2 Å². The molecule has 1 aliphatic rings. The van der Waals surface area contributed by atoms with Crippen molar-refractivity contribution < 1.29 is 9.59 Å². The maximum atomic E-state index is 12.1. The van der Waals surface area contributed by atoms with E-state index in [-0.39, 0.29) is 11.8 Å². The summed E-state index contributed by atoms with van der Waals surface area (Å²) in [7, 11) is 0. The van der Waals surface area contributed by atoms with E-state index >= 15 is 0 Å². The van der Waals surface area contributed by atoms with E-state index in [4.69, 9.17) is 0 Å². The van der Waals surface area contributed by atoms with Crippen LogP contribution in [0.1, 0.15) is 47.0 Å². The van der Waals surface area contributed by atoms with Gasteiger partial charge in [0.25, 0.3) is 0 Å². The number of nitrogens with zero attached hydrogens (tertiary/aromatic N) is 1. The van der Waals surface area contributed by atoms with Gasteiger partial charge in [-0.05, 0) is 46.5 Å². The maximum Gasteiger partial charge on any atom is 0.246 e. The topological polar surface area (TPSA) is 49.4 Å². The number of hydrogen-bond acceptors (Lipinski definition) is 2. The zero-order valence-corrected chi connectivity index (χ0v) is 13.7. The lowest BCUT2D eigenvalue weighted by Gasteiger charge is -2.23. The Balaban J connectivity index is 2.55. The third kappa shape index (κ3) is 7.11. The first-order valence-corrected chi connectivity index (χ1v) is 7.75. The van der Waals surface area contributed by atoms with Gasteiger partial charge in [0.1, 0.15) is 0 Å². The monoisotopic (exact) mass is 292 g/mol. The number of rotatable bonds is 4. The highest BCUT2D eigenvalue weighted by molar-refractivity contribution is 5.88. The second-order valence-electron chi connectivity index (χ2n) is 6.33. The Bertz CT molecular complexity index is 430. The van der Waals surface area contributed by atoms with Crippen LogP contribution < -0.4 is 5.32 Å². The van der Waals surface area contributed by atoms with Crippen molar-refractivity contribution in [3.8, 4) is 0 Å². The van der Waals surface area contributed by atoms with Crippen LogP contribution in [-0.2, 0) is 9.59 Å². The molecule has 0 saturated carbocycles. The lowest BCUT2D eigenvalue weighted by molar-refractivity contribution is -0.126. The molecule has 1 fully saturated rings. The molecule has 2 amide bonds. The highest BCUT2D eigenvalue weighted by atomic mass is 16.2. The van der Waals surface area contributed by atoms with Crippen LogP contribution in [0.3, 0.4) is 0 Å². The molecule has 4 nitrogen and oxygen atoms in total. The summed E-state index contributed by atoms with van der Waals surface area (Å²) in [5.41, 5.74) is 2.02. The standard InChI is InChI=1S/C17H28N2O2/c1-13(2)9-16(20)18-11-15-7-5-6-8-19(12-15)17(21)10-14(3)4/h9-10,15H,5-8,11-12H2,1-4H3,(H,18,20)/t15-/m0/s1. The number of hydrogen-bond donors (Lipinski definition) is 1. The number of carbonyl (C=O) groups excluding carboxylic acids is 2. The van der Waals surface area contributed by atoms with Crippen LogP contribution in [0.25, 0.3) is 0 Å². The number of carbonyl (C=O) groups is 2. The summed E-state index contributed by atoms with van der Waals surface area (Å²) in [5, 5.41) is 2.94. The molecule has 0 bridgehead atoms. The van der Waals surface area contributed by atoms with E-state index in [0.717, 1.165) is 43.5 Å². The van der Waals surface area contributed by atoms with Crippen LogP contribution in [-0.4, -0.2) is 36.3 Å². The van der Waals surface area contributed by atoms with Crippen molar-refractivity contribution in [2.24, 2.45) is 5.92 Å². The summed E-state index contributed by atoms with van der Waals surface area (Å²) in [6, 6.07) is 0. The van der Waals surface area contributed by atoms with Crippen LogP contribution in [0.5, 0.6) is 0 Å². The first-order valence-electron chi connectivity index (χ1n) is 7.75. The molecule has 0 aliphatic carbocycles. The van der Waals surface area contributed by atoms with Gasteiger partial charge in [0.15, 0.2) is 0 Å². The molecule has 1 heterocycles. The fraction of sp³-hybridized carbons (Fsp3) is 0.647. The minimum absolute atomic E-state index is 0.0404. The number of likely N-dealkylation sites (tertiary alicyclic amines) is 1. The molecule has 1 rings (SSSR count). The number of allylic oxidation sites excluding steroid dienone is 2. The van der Waals surface area contributed by atoms with Gasteiger partial charge in [-0.3, -0.25) is 9.59 Å². The third-order valence-corrected chi connectivity index (χ3v) is 3.48. The van der Waals surface area contributed by atoms with Gasteiger partial charge < -0.3 is 10.2 Å². The molecular weight excluding hydrogens is 264 g/mol. The van der Waals surface area contributed by atoms with Crippen molar-refractivity contribution in [2.45, 2.75) is 47.0 Å². The minimum Gasteiger partial charge on any atom is -0.352 e. The lowest BCUT2D eigenvalue weighted by Crippen LogP contribution is -2.38. The Morgan fingerprint density at radius 2 is 1.76 bits per heavy atom. The van der Waals surface area contributed by atoms with E-state index in [1.54, 1.807) is 12.2 Å². The van der Waals surface area contributed by atoms with Gasteiger partial charge in [-0.15, -0.1) is 0 Å². The highest BCUT2D eigenvalue weighted by Crippen LogP contribution is 2.16. The van der Waals surface area contributed by atoms with Gasteiger partial charge in [-0.2, -0.15) is 0 Å². The van der Waals surface area contributed by atoms with E-state index in [0.29, 0.717) is 12.5 Å². The van der Waals surface area contributed by atoms with Gasteiger partial charge in [-0.1, -0.05) is 17.6 Å². The van der Waals surface area contributed by atoms with Crippen LogP contribution >= 0.6 is 0 Å². The SMILES string of the molecule is CC(C)=CC(=O)NC[C@@H]1CCCCN(C(=O)C=C(C)C)C1. The van der Waals surface area contributed by atoms with Gasteiger partial charge in [0, 0.05) is 31.8 Å². The maximum absolute atomic E-state index is 12.1. The normalized spacial score (nSPS) is 18.5. The second kappa shape index (κ2) is 8.65. The predicted octanol–water partition coefficient (Wildman–Crippen LogP) is 2.66. The summed E-state index contributed by atoms with van der Waals surface area (Å²) in [6.45, 7) is 9.88. The molecule has 118 valence electrons. The van der Waals surface area contributed by atoms with Gasteiger partial charge in [0.05, 0.1) is 0 Å². The fourth-order valence-corrected chi connectivity index (χ4v) is 2.49. The molecule has 0 radical (unpaired) electrons. The van der Waals surface area contributed by atoms with Gasteiger partial charge in [0.2, 0.25) is 11.8 Å². The van der Waals surface area contributed by atoms with E-state index in [9.17, 15) is 9.59 Å². The molecule has 4 heteroatoms. The highest BCUT2D eigenvalue weighted by Gasteiger charge is 2.21. The zero-order chi connectivity index (χ0) is 15.8. The first kappa shape index (κ1) is 17.5. The van der Waals surface area contributed by atoms with Crippen molar-refractivity contribution in [3.05, 3.63) is 23.3 Å². The van der Waals surface area contributed by atoms with E-state index < -0.39 is 0 Å². The molecule has 0 aromatic rings. The minimum atomic E-state index is -0.0404. The molecule has 0 spiro atoms. The lowest BCUT2D eigenvalue weighted by atomic mass is 10.0. The van der Waals surface area contributed by atoms with Crippen LogP contribution in [0.15, 0.2) is 23.3 Å². The molecule has 1 aliphatic heterocycles. The quantitative estimate of drug-likeness (QED) is 0.810. The summed E-state index contributed by atoms with van der Waals surface area (Å²) in [4.78, 5) is 25.7. The van der Waals surface area contributed by atoms with Crippen molar-refractivity contribution in [3.63, 3.8) is 0 Å². The van der Waals surface area contributed by atoms with Gasteiger partial charge >= 0.3 is 0 Å².